The first-order chi connectivity index (χ1) is 13.6. The van der Waals surface area contributed by atoms with Crippen molar-refractivity contribution in [2.45, 2.75) is 19.4 Å². The van der Waals surface area contributed by atoms with Gasteiger partial charge in [0.2, 0.25) is 11.8 Å². The second-order valence-electron chi connectivity index (χ2n) is 6.48. The fraction of sp³-hybridized carbons (Fsp3) is 0.263. The van der Waals surface area contributed by atoms with Crippen LogP contribution in [-0.2, 0) is 16.1 Å². The van der Waals surface area contributed by atoms with Gasteiger partial charge in [-0.05, 0) is 30.7 Å². The van der Waals surface area contributed by atoms with Gasteiger partial charge in [-0.25, -0.2) is 4.98 Å². The Bertz CT molecular complexity index is 995. The van der Waals surface area contributed by atoms with Crippen molar-refractivity contribution in [1.82, 2.24) is 20.0 Å². The summed E-state index contributed by atoms with van der Waals surface area (Å²) in [5, 5.41) is 7.28. The van der Waals surface area contributed by atoms with Crippen LogP contribution in [0.5, 0.6) is 0 Å². The zero-order valence-electron chi connectivity index (χ0n) is 15.1. The molecule has 28 heavy (non-hydrogen) atoms. The molecule has 4 rings (SSSR count). The molecule has 8 nitrogen and oxygen atoms in total. The summed E-state index contributed by atoms with van der Waals surface area (Å²) in [4.78, 5) is 42.9. The number of hydrogen-bond donors (Lipinski definition) is 2. The number of hydrogen-bond acceptors (Lipinski definition) is 5. The number of fused-ring (bicyclic) bond motifs is 1. The Labute approximate surface area is 165 Å². The molecule has 1 fully saturated rings. The standard InChI is InChI=1S/C19H19N5O3S/c25-16(20-10-14-12-23-8-9-28-19(23)22-14)11-21-18(27)13-3-5-15(6-4-13)24-7-1-2-17(24)26/h3-6,8-9,12H,1-2,7,10-11H2,(H,20,25)(H,21,27). The molecule has 144 valence electrons. The molecule has 0 saturated carbocycles. The van der Waals surface area contributed by atoms with Crippen molar-refractivity contribution in [3.63, 3.8) is 0 Å². The van der Waals surface area contributed by atoms with Crippen LogP contribution in [0.4, 0.5) is 5.69 Å². The minimum absolute atomic E-state index is 0.103. The smallest absolute Gasteiger partial charge is 0.251 e. The molecule has 0 aliphatic carbocycles. The highest BCUT2D eigenvalue weighted by Gasteiger charge is 2.21. The maximum atomic E-state index is 12.2. The van der Waals surface area contributed by atoms with Crippen LogP contribution in [0.3, 0.4) is 0 Å². The highest BCUT2D eigenvalue weighted by Crippen LogP contribution is 2.21. The Morgan fingerprint density at radius 2 is 2.00 bits per heavy atom. The first kappa shape index (κ1) is 18.2. The SMILES string of the molecule is O=C(CNC(=O)c1ccc(N2CCCC2=O)cc1)NCc1cn2ccsc2n1. The van der Waals surface area contributed by atoms with Crippen LogP contribution < -0.4 is 15.5 Å². The molecular formula is C19H19N5O3S. The van der Waals surface area contributed by atoms with Crippen LogP contribution in [-0.4, -0.2) is 40.2 Å². The molecule has 0 radical (unpaired) electrons. The quantitative estimate of drug-likeness (QED) is 0.660. The number of aromatic nitrogens is 2. The molecule has 3 aromatic rings. The average Bonchev–Trinajstić information content (AvgIpc) is 3.40. The minimum Gasteiger partial charge on any atom is -0.349 e. The van der Waals surface area contributed by atoms with Crippen LogP contribution in [0, 0.1) is 0 Å². The zero-order valence-corrected chi connectivity index (χ0v) is 15.9. The third kappa shape index (κ3) is 3.89. The monoisotopic (exact) mass is 397 g/mol. The summed E-state index contributed by atoms with van der Waals surface area (Å²) in [5.74, 6) is -0.521. The maximum Gasteiger partial charge on any atom is 0.251 e. The van der Waals surface area contributed by atoms with Crippen molar-refractivity contribution < 1.29 is 14.4 Å². The number of carbonyl (C=O) groups is 3. The molecule has 0 atom stereocenters. The Hall–Kier alpha value is -3.20. The predicted octanol–water partition coefficient (Wildman–Crippen LogP) is 1.57. The summed E-state index contributed by atoms with van der Waals surface area (Å²) in [7, 11) is 0. The number of carbonyl (C=O) groups excluding carboxylic acids is 3. The van der Waals surface area contributed by atoms with Gasteiger partial charge in [-0.2, -0.15) is 0 Å². The molecule has 0 bridgehead atoms. The summed E-state index contributed by atoms with van der Waals surface area (Å²) in [6, 6.07) is 6.82. The van der Waals surface area contributed by atoms with Crippen LogP contribution in [0.1, 0.15) is 28.9 Å². The van der Waals surface area contributed by atoms with Crippen molar-refractivity contribution in [3.05, 3.63) is 53.3 Å². The van der Waals surface area contributed by atoms with E-state index in [2.05, 4.69) is 15.6 Å². The van der Waals surface area contributed by atoms with Crippen LogP contribution >= 0.6 is 11.3 Å². The van der Waals surface area contributed by atoms with Crippen molar-refractivity contribution >= 4 is 39.7 Å². The Kier molecular flexibility index (Phi) is 5.07. The summed E-state index contributed by atoms with van der Waals surface area (Å²) < 4.78 is 1.90. The molecule has 3 heterocycles. The minimum atomic E-state index is -0.336. The molecule has 1 aromatic carbocycles. The average molecular weight is 397 g/mol. The lowest BCUT2D eigenvalue weighted by Crippen LogP contribution is -2.36. The molecule has 2 N–H and O–H groups in total. The van der Waals surface area contributed by atoms with Gasteiger partial charge >= 0.3 is 0 Å². The van der Waals surface area contributed by atoms with Crippen LogP contribution in [0.2, 0.25) is 0 Å². The molecule has 1 aliphatic rings. The van der Waals surface area contributed by atoms with Gasteiger partial charge in [0.15, 0.2) is 4.96 Å². The highest BCUT2D eigenvalue weighted by molar-refractivity contribution is 7.15. The molecule has 9 heteroatoms. The predicted molar refractivity (Wildman–Crippen MR) is 105 cm³/mol. The lowest BCUT2D eigenvalue weighted by Gasteiger charge is -2.15. The fourth-order valence-corrected chi connectivity index (χ4v) is 3.81. The maximum absolute atomic E-state index is 12.2. The second kappa shape index (κ2) is 7.81. The first-order valence-electron chi connectivity index (χ1n) is 8.96. The van der Waals surface area contributed by atoms with Gasteiger partial charge in [-0.1, -0.05) is 0 Å². The van der Waals surface area contributed by atoms with Gasteiger partial charge in [0, 0.05) is 42.0 Å². The van der Waals surface area contributed by atoms with E-state index in [9.17, 15) is 14.4 Å². The van der Waals surface area contributed by atoms with Gasteiger partial charge in [-0.15, -0.1) is 11.3 Å². The molecular weight excluding hydrogens is 378 g/mol. The fourth-order valence-electron chi connectivity index (χ4n) is 3.09. The molecule has 0 unspecified atom stereocenters. The normalized spacial score (nSPS) is 13.9. The summed E-state index contributed by atoms with van der Waals surface area (Å²) in [6.07, 6.45) is 5.18. The largest absolute Gasteiger partial charge is 0.349 e. The Morgan fingerprint density at radius 3 is 2.71 bits per heavy atom. The zero-order chi connectivity index (χ0) is 19.5. The van der Waals surface area contributed by atoms with Crippen LogP contribution in [0.15, 0.2) is 42.0 Å². The number of thiazole rings is 1. The van der Waals surface area contributed by atoms with E-state index in [0.29, 0.717) is 25.1 Å². The van der Waals surface area contributed by atoms with Gasteiger partial charge < -0.3 is 15.5 Å². The van der Waals surface area contributed by atoms with Gasteiger partial charge in [-0.3, -0.25) is 18.8 Å². The van der Waals surface area contributed by atoms with E-state index in [1.807, 2.05) is 22.2 Å². The number of benzene rings is 1. The van der Waals surface area contributed by atoms with Gasteiger partial charge in [0.05, 0.1) is 18.8 Å². The molecule has 1 saturated heterocycles. The van der Waals surface area contributed by atoms with E-state index in [4.69, 9.17) is 0 Å². The lowest BCUT2D eigenvalue weighted by molar-refractivity contribution is -0.120. The first-order valence-corrected chi connectivity index (χ1v) is 9.84. The molecule has 2 aromatic heterocycles. The Balaban J connectivity index is 1.25. The lowest BCUT2D eigenvalue weighted by atomic mass is 10.2. The van der Waals surface area contributed by atoms with Crippen molar-refractivity contribution in [2.75, 3.05) is 18.0 Å². The summed E-state index contributed by atoms with van der Waals surface area (Å²) in [6.45, 7) is 0.897. The van der Waals surface area contributed by atoms with E-state index < -0.39 is 0 Å². The van der Waals surface area contributed by atoms with E-state index >= 15 is 0 Å². The Morgan fingerprint density at radius 1 is 1.18 bits per heavy atom. The molecule has 0 spiro atoms. The van der Waals surface area contributed by atoms with Crippen molar-refractivity contribution in [3.8, 4) is 0 Å². The highest BCUT2D eigenvalue weighted by atomic mass is 32.1. The van der Waals surface area contributed by atoms with E-state index in [1.54, 1.807) is 29.2 Å². The number of rotatable bonds is 6. The van der Waals surface area contributed by atoms with Crippen LogP contribution in [0.25, 0.3) is 4.96 Å². The summed E-state index contributed by atoms with van der Waals surface area (Å²) in [5.41, 5.74) is 1.99. The number of anilines is 1. The van der Waals surface area contributed by atoms with E-state index in [-0.39, 0.29) is 24.3 Å². The number of amides is 3. The molecule has 1 aliphatic heterocycles. The number of nitrogens with one attached hydrogen (secondary N) is 2. The molecule has 3 amide bonds. The third-order valence-electron chi connectivity index (χ3n) is 4.53. The van der Waals surface area contributed by atoms with Crippen molar-refractivity contribution in [2.24, 2.45) is 0 Å². The van der Waals surface area contributed by atoms with Gasteiger partial charge in [0.25, 0.3) is 5.91 Å². The second-order valence-corrected chi connectivity index (χ2v) is 7.35. The summed E-state index contributed by atoms with van der Waals surface area (Å²) >= 11 is 1.52. The number of imidazole rings is 1. The third-order valence-corrected chi connectivity index (χ3v) is 5.30. The van der Waals surface area contributed by atoms with Gasteiger partial charge in [0.1, 0.15) is 0 Å². The number of nitrogens with zero attached hydrogens (tertiary/aromatic N) is 3. The topological polar surface area (TPSA) is 95.8 Å². The van der Waals surface area contributed by atoms with E-state index in [0.717, 1.165) is 22.8 Å². The van der Waals surface area contributed by atoms with Crippen molar-refractivity contribution in [1.29, 1.82) is 0 Å². The van der Waals surface area contributed by atoms with E-state index in [1.165, 1.54) is 11.3 Å².